The smallest absolute Gasteiger partial charge is 0.0615 e. The Morgan fingerprint density at radius 2 is 1.56 bits per heavy atom. The van der Waals surface area contributed by atoms with E-state index in [1.54, 1.807) is 0 Å². The van der Waals surface area contributed by atoms with Gasteiger partial charge in [0.05, 0.1) is 5.52 Å². The molecular weight excluding hydrogens is 286 g/mol. The molecule has 2 heteroatoms. The lowest BCUT2D eigenvalue weighted by molar-refractivity contribution is 1.54. The summed E-state index contributed by atoms with van der Waals surface area (Å²) in [6.07, 6.45) is 0. The van der Waals surface area contributed by atoms with Crippen molar-refractivity contribution < 1.29 is 0 Å². The van der Waals surface area contributed by atoms with Crippen LogP contribution in [0, 0.1) is 0 Å². The maximum Gasteiger partial charge on any atom is 0.0615 e. The number of aromatic nitrogens is 1. The van der Waals surface area contributed by atoms with Crippen molar-refractivity contribution in [3.8, 4) is 0 Å². The van der Waals surface area contributed by atoms with Gasteiger partial charge in [-0.3, -0.25) is 0 Å². The number of hydrogen-bond acceptors (Lipinski definition) is 0. The van der Waals surface area contributed by atoms with E-state index in [-0.39, 0.29) is 0 Å². The minimum absolute atomic E-state index is 1.12. The van der Waals surface area contributed by atoms with Crippen LogP contribution in [0.25, 0.3) is 32.6 Å². The fourth-order valence-corrected chi connectivity index (χ4v) is 3.20. The molecule has 0 fully saturated rings. The Labute approximate surface area is 113 Å². The molecule has 4 aromatic rings. The molecule has 0 amide bonds. The summed E-state index contributed by atoms with van der Waals surface area (Å²) in [7, 11) is 0. The zero-order valence-electron chi connectivity index (χ0n) is 9.57. The molecule has 4 rings (SSSR count). The molecule has 1 heterocycles. The van der Waals surface area contributed by atoms with Crippen LogP contribution >= 0.6 is 15.9 Å². The van der Waals surface area contributed by atoms with Gasteiger partial charge in [0.25, 0.3) is 0 Å². The lowest BCUT2D eigenvalue weighted by Crippen LogP contribution is -1.76. The molecule has 0 atom stereocenters. The minimum atomic E-state index is 1.12. The van der Waals surface area contributed by atoms with E-state index < -0.39 is 0 Å². The first kappa shape index (κ1) is 10.2. The summed E-state index contributed by atoms with van der Waals surface area (Å²) >= 11 is 3.66. The maximum absolute atomic E-state index is 3.66. The van der Waals surface area contributed by atoms with Crippen LogP contribution < -0.4 is 0 Å². The van der Waals surface area contributed by atoms with Crippen LogP contribution in [0.5, 0.6) is 0 Å². The molecule has 0 bridgehead atoms. The van der Waals surface area contributed by atoms with Crippen LogP contribution in [0.1, 0.15) is 0 Å². The lowest BCUT2D eigenvalue weighted by Gasteiger charge is -2.02. The second-order valence-corrected chi connectivity index (χ2v) is 5.35. The predicted octanol–water partition coefficient (Wildman–Crippen LogP) is 5.24. The highest BCUT2D eigenvalue weighted by molar-refractivity contribution is 9.10. The van der Waals surface area contributed by atoms with E-state index in [0.717, 1.165) is 4.47 Å². The SMILES string of the molecule is Brc1cc2ccccc2c2c1[nH]c1ccccc12. The number of halogens is 1. The largest absolute Gasteiger partial charge is 0.354 e. The first-order chi connectivity index (χ1) is 8.84. The Hall–Kier alpha value is -1.80. The molecule has 1 nitrogen and oxygen atoms in total. The van der Waals surface area contributed by atoms with Gasteiger partial charge in [-0.25, -0.2) is 0 Å². The van der Waals surface area contributed by atoms with Crippen LogP contribution in [-0.4, -0.2) is 4.98 Å². The van der Waals surface area contributed by atoms with Gasteiger partial charge < -0.3 is 4.98 Å². The summed E-state index contributed by atoms with van der Waals surface area (Å²) in [5, 5.41) is 5.15. The number of fused-ring (bicyclic) bond motifs is 5. The van der Waals surface area contributed by atoms with Crippen LogP contribution in [0.15, 0.2) is 59.1 Å². The van der Waals surface area contributed by atoms with Gasteiger partial charge in [0.1, 0.15) is 0 Å². The summed E-state index contributed by atoms with van der Waals surface area (Å²) in [5.41, 5.74) is 2.36. The van der Waals surface area contributed by atoms with Gasteiger partial charge in [-0.15, -0.1) is 0 Å². The third-order valence-corrected chi connectivity index (χ3v) is 4.08. The Kier molecular flexibility index (Phi) is 2.03. The summed E-state index contributed by atoms with van der Waals surface area (Å²) in [6.45, 7) is 0. The molecule has 0 radical (unpaired) electrons. The lowest BCUT2D eigenvalue weighted by atomic mass is 10.0. The molecule has 0 saturated carbocycles. The van der Waals surface area contributed by atoms with E-state index in [0.29, 0.717) is 0 Å². The highest BCUT2D eigenvalue weighted by Crippen LogP contribution is 2.36. The molecular formula is C16H10BrN. The Morgan fingerprint density at radius 3 is 2.44 bits per heavy atom. The van der Waals surface area contributed by atoms with Crippen molar-refractivity contribution in [1.82, 2.24) is 4.98 Å². The van der Waals surface area contributed by atoms with Crippen molar-refractivity contribution in [1.29, 1.82) is 0 Å². The summed E-state index contributed by atoms with van der Waals surface area (Å²) in [4.78, 5) is 3.49. The number of hydrogen-bond donors (Lipinski definition) is 1. The number of benzene rings is 3. The highest BCUT2D eigenvalue weighted by Gasteiger charge is 2.10. The average molecular weight is 296 g/mol. The van der Waals surface area contributed by atoms with Gasteiger partial charge in [-0.05, 0) is 38.8 Å². The summed E-state index contributed by atoms with van der Waals surface area (Å²) in [6, 6.07) is 19.1. The highest BCUT2D eigenvalue weighted by atomic mass is 79.9. The molecule has 0 unspecified atom stereocenters. The van der Waals surface area contributed by atoms with Gasteiger partial charge in [0.15, 0.2) is 0 Å². The number of nitrogens with one attached hydrogen (secondary N) is 1. The first-order valence-electron chi connectivity index (χ1n) is 5.92. The van der Waals surface area contributed by atoms with Crippen molar-refractivity contribution in [2.75, 3.05) is 0 Å². The van der Waals surface area contributed by atoms with Crippen molar-refractivity contribution >= 4 is 48.5 Å². The van der Waals surface area contributed by atoms with E-state index >= 15 is 0 Å². The topological polar surface area (TPSA) is 15.8 Å². The van der Waals surface area contributed by atoms with Gasteiger partial charge in [-0.2, -0.15) is 0 Å². The van der Waals surface area contributed by atoms with E-state index in [4.69, 9.17) is 0 Å². The quantitative estimate of drug-likeness (QED) is 0.457. The second-order valence-electron chi connectivity index (χ2n) is 4.50. The zero-order valence-corrected chi connectivity index (χ0v) is 11.2. The fourth-order valence-electron chi connectivity index (χ4n) is 2.66. The number of rotatable bonds is 0. The van der Waals surface area contributed by atoms with Crippen LogP contribution in [0.4, 0.5) is 0 Å². The van der Waals surface area contributed by atoms with Gasteiger partial charge >= 0.3 is 0 Å². The van der Waals surface area contributed by atoms with Crippen molar-refractivity contribution in [2.24, 2.45) is 0 Å². The third-order valence-electron chi connectivity index (χ3n) is 3.46. The monoisotopic (exact) mass is 295 g/mol. The molecule has 0 saturated heterocycles. The van der Waals surface area contributed by atoms with Crippen LogP contribution in [0.2, 0.25) is 0 Å². The molecule has 1 aromatic heterocycles. The van der Waals surface area contributed by atoms with Crippen molar-refractivity contribution in [3.05, 3.63) is 59.1 Å². The fraction of sp³-hybridized carbons (Fsp3) is 0. The summed E-state index contributed by atoms with van der Waals surface area (Å²) < 4.78 is 1.12. The van der Waals surface area contributed by atoms with E-state index in [1.807, 2.05) is 0 Å². The number of H-pyrrole nitrogens is 1. The molecule has 0 aliphatic heterocycles. The maximum atomic E-state index is 3.66. The standard InChI is InChI=1S/C16H10BrN/c17-13-9-10-5-1-2-6-11(10)15-12-7-3-4-8-14(12)18-16(13)15/h1-9,18H. The van der Waals surface area contributed by atoms with Gasteiger partial charge in [-0.1, -0.05) is 42.5 Å². The second kappa shape index (κ2) is 3.59. The van der Waals surface area contributed by atoms with E-state index in [9.17, 15) is 0 Å². The molecule has 0 aliphatic carbocycles. The Morgan fingerprint density at radius 1 is 0.833 bits per heavy atom. The summed E-state index contributed by atoms with van der Waals surface area (Å²) in [5.74, 6) is 0. The molecule has 1 N–H and O–H groups in total. The normalized spacial score (nSPS) is 11.6. The molecule has 0 spiro atoms. The molecule has 0 aliphatic rings. The van der Waals surface area contributed by atoms with Gasteiger partial charge in [0.2, 0.25) is 0 Å². The van der Waals surface area contributed by atoms with Gasteiger partial charge in [0, 0.05) is 20.8 Å². The van der Waals surface area contributed by atoms with Crippen molar-refractivity contribution in [2.45, 2.75) is 0 Å². The van der Waals surface area contributed by atoms with Crippen molar-refractivity contribution in [3.63, 3.8) is 0 Å². The molecule has 3 aromatic carbocycles. The predicted molar refractivity (Wildman–Crippen MR) is 81.0 cm³/mol. The van der Waals surface area contributed by atoms with Crippen LogP contribution in [-0.2, 0) is 0 Å². The zero-order chi connectivity index (χ0) is 12.1. The average Bonchev–Trinajstić information content (AvgIpc) is 2.79. The van der Waals surface area contributed by atoms with E-state index in [2.05, 4.69) is 75.5 Å². The molecule has 86 valence electrons. The Balaban J connectivity index is 2.41. The van der Waals surface area contributed by atoms with Crippen LogP contribution in [0.3, 0.4) is 0 Å². The molecule has 18 heavy (non-hydrogen) atoms. The number of para-hydroxylation sites is 1. The third kappa shape index (κ3) is 1.27. The first-order valence-corrected chi connectivity index (χ1v) is 6.71. The Bertz CT molecular complexity index is 889. The van der Waals surface area contributed by atoms with E-state index in [1.165, 1.54) is 32.6 Å². The minimum Gasteiger partial charge on any atom is -0.354 e. The number of aromatic amines is 1.